The molecule has 0 saturated heterocycles. The predicted molar refractivity (Wildman–Crippen MR) is 56.7 cm³/mol. The molecule has 0 aromatic heterocycles. The van der Waals surface area contributed by atoms with Gasteiger partial charge in [-0.25, -0.2) is 0 Å². The van der Waals surface area contributed by atoms with Crippen LogP contribution >= 0.6 is 0 Å². The Morgan fingerprint density at radius 1 is 1.06 bits per heavy atom. The Morgan fingerprint density at radius 2 is 1.56 bits per heavy atom. The molecule has 1 aromatic carbocycles. The molecule has 0 heterocycles. The van der Waals surface area contributed by atoms with Gasteiger partial charge in [0.25, 0.3) is 0 Å². The van der Waals surface area contributed by atoms with Crippen LogP contribution in [0.4, 0.5) is 0 Å². The highest BCUT2D eigenvalue weighted by atomic mass is 16.5. The zero-order valence-corrected chi connectivity index (χ0v) is 9.35. The summed E-state index contributed by atoms with van der Waals surface area (Å²) < 4.78 is 15.2. The van der Waals surface area contributed by atoms with Crippen molar-refractivity contribution in [2.75, 3.05) is 21.3 Å². The van der Waals surface area contributed by atoms with Crippen LogP contribution in [0.25, 0.3) is 0 Å². The highest BCUT2D eigenvalue weighted by Gasteiger charge is 2.17. The van der Waals surface area contributed by atoms with Gasteiger partial charge in [0, 0.05) is 11.6 Å². The molecule has 0 spiro atoms. The summed E-state index contributed by atoms with van der Waals surface area (Å²) in [6.07, 6.45) is -1.25. The average molecular weight is 223 g/mol. The van der Waals surface area contributed by atoms with Gasteiger partial charge >= 0.3 is 0 Å². The molecular formula is C11H13NO4. The van der Waals surface area contributed by atoms with Crippen molar-refractivity contribution in [1.82, 2.24) is 0 Å². The number of rotatable bonds is 4. The SMILES string of the molecule is COc1cc(OC)c(C(O)C#N)cc1OC. The number of ether oxygens (including phenoxy) is 3. The molecule has 1 N–H and O–H groups in total. The van der Waals surface area contributed by atoms with E-state index in [2.05, 4.69) is 0 Å². The standard InChI is InChI=1S/C11H13NO4/c1-14-9-5-11(16-3)10(15-2)4-7(9)8(13)6-12/h4-5,8,13H,1-3H3. The molecule has 5 heteroatoms. The minimum absolute atomic E-state index is 0.350. The molecule has 0 aliphatic heterocycles. The summed E-state index contributed by atoms with van der Waals surface area (Å²) in [5, 5.41) is 18.2. The van der Waals surface area contributed by atoms with Crippen LogP contribution in [0.1, 0.15) is 11.7 Å². The first-order valence-corrected chi connectivity index (χ1v) is 4.55. The zero-order valence-electron chi connectivity index (χ0n) is 9.35. The minimum Gasteiger partial charge on any atom is -0.496 e. The van der Waals surface area contributed by atoms with Gasteiger partial charge in [0.2, 0.25) is 0 Å². The summed E-state index contributed by atoms with van der Waals surface area (Å²) >= 11 is 0. The Kier molecular flexibility index (Phi) is 3.97. The molecule has 0 aliphatic carbocycles. The fourth-order valence-corrected chi connectivity index (χ4v) is 1.34. The van der Waals surface area contributed by atoms with Gasteiger partial charge in [-0.05, 0) is 6.07 Å². The van der Waals surface area contributed by atoms with Crippen molar-refractivity contribution >= 4 is 0 Å². The Labute approximate surface area is 93.8 Å². The van der Waals surface area contributed by atoms with E-state index in [0.717, 1.165) is 0 Å². The molecule has 0 fully saturated rings. The first kappa shape index (κ1) is 12.1. The molecule has 0 aliphatic rings. The number of hydrogen-bond acceptors (Lipinski definition) is 5. The summed E-state index contributed by atoms with van der Waals surface area (Å²) in [5.41, 5.74) is 0.350. The lowest BCUT2D eigenvalue weighted by atomic mass is 10.1. The van der Waals surface area contributed by atoms with E-state index < -0.39 is 6.10 Å². The number of nitrogens with zero attached hydrogens (tertiary/aromatic N) is 1. The van der Waals surface area contributed by atoms with Crippen molar-refractivity contribution in [3.8, 4) is 23.3 Å². The van der Waals surface area contributed by atoms with Crippen LogP contribution in [0, 0.1) is 11.3 Å². The smallest absolute Gasteiger partial charge is 0.169 e. The summed E-state index contributed by atoms with van der Waals surface area (Å²) in [5.74, 6) is 1.30. The molecule has 1 aromatic rings. The van der Waals surface area contributed by atoms with Crippen molar-refractivity contribution in [3.63, 3.8) is 0 Å². The van der Waals surface area contributed by atoms with Gasteiger partial charge in [-0.2, -0.15) is 5.26 Å². The number of aliphatic hydroxyl groups excluding tert-OH is 1. The van der Waals surface area contributed by atoms with Crippen LogP contribution in [-0.2, 0) is 0 Å². The molecule has 1 rings (SSSR count). The van der Waals surface area contributed by atoms with Crippen LogP contribution in [0.2, 0.25) is 0 Å². The quantitative estimate of drug-likeness (QED) is 0.778. The molecule has 0 amide bonds. The van der Waals surface area contributed by atoms with Crippen molar-refractivity contribution in [3.05, 3.63) is 17.7 Å². The third-order valence-electron chi connectivity index (χ3n) is 2.15. The lowest BCUT2D eigenvalue weighted by molar-refractivity contribution is 0.228. The van der Waals surface area contributed by atoms with Crippen molar-refractivity contribution in [1.29, 1.82) is 5.26 Å². The van der Waals surface area contributed by atoms with Gasteiger partial charge in [0.05, 0.1) is 27.4 Å². The molecule has 16 heavy (non-hydrogen) atoms. The molecular weight excluding hydrogens is 210 g/mol. The Hall–Kier alpha value is -1.93. The molecule has 1 atom stereocenters. The average Bonchev–Trinajstić information content (AvgIpc) is 2.35. The second-order valence-corrected chi connectivity index (χ2v) is 2.98. The van der Waals surface area contributed by atoms with E-state index in [0.29, 0.717) is 22.8 Å². The Balaban J connectivity index is 3.32. The highest BCUT2D eigenvalue weighted by molar-refractivity contribution is 5.52. The topological polar surface area (TPSA) is 71.7 Å². The largest absolute Gasteiger partial charge is 0.496 e. The second-order valence-electron chi connectivity index (χ2n) is 2.98. The molecule has 0 radical (unpaired) electrons. The van der Waals surface area contributed by atoms with Gasteiger partial charge in [0.1, 0.15) is 5.75 Å². The van der Waals surface area contributed by atoms with Crippen molar-refractivity contribution in [2.45, 2.75) is 6.10 Å². The first-order chi connectivity index (χ1) is 7.67. The van der Waals surface area contributed by atoms with Gasteiger partial charge in [-0.1, -0.05) is 0 Å². The molecule has 86 valence electrons. The number of methoxy groups -OCH3 is 3. The molecule has 0 saturated carbocycles. The van der Waals surface area contributed by atoms with Gasteiger partial charge in [0.15, 0.2) is 17.6 Å². The maximum Gasteiger partial charge on any atom is 0.169 e. The first-order valence-electron chi connectivity index (χ1n) is 4.55. The molecule has 0 bridgehead atoms. The van der Waals surface area contributed by atoms with E-state index in [1.54, 1.807) is 12.1 Å². The monoisotopic (exact) mass is 223 g/mol. The fourth-order valence-electron chi connectivity index (χ4n) is 1.34. The van der Waals surface area contributed by atoms with E-state index in [4.69, 9.17) is 19.5 Å². The van der Waals surface area contributed by atoms with Crippen molar-refractivity contribution in [2.24, 2.45) is 0 Å². The lowest BCUT2D eigenvalue weighted by Gasteiger charge is -2.14. The van der Waals surface area contributed by atoms with E-state index in [1.807, 2.05) is 0 Å². The Bertz CT molecular complexity index is 411. The third kappa shape index (κ3) is 2.18. The van der Waals surface area contributed by atoms with Crippen LogP contribution in [0.3, 0.4) is 0 Å². The van der Waals surface area contributed by atoms with E-state index in [1.165, 1.54) is 27.4 Å². The van der Waals surface area contributed by atoms with E-state index in [-0.39, 0.29) is 0 Å². The fraction of sp³-hybridized carbons (Fsp3) is 0.364. The van der Waals surface area contributed by atoms with Crippen LogP contribution in [0.15, 0.2) is 12.1 Å². The van der Waals surface area contributed by atoms with Crippen molar-refractivity contribution < 1.29 is 19.3 Å². The minimum atomic E-state index is -1.25. The molecule has 5 nitrogen and oxygen atoms in total. The maximum atomic E-state index is 9.49. The van der Waals surface area contributed by atoms with Crippen LogP contribution < -0.4 is 14.2 Å². The van der Waals surface area contributed by atoms with Gasteiger partial charge in [-0.15, -0.1) is 0 Å². The van der Waals surface area contributed by atoms with Crippen LogP contribution in [0.5, 0.6) is 17.2 Å². The second kappa shape index (κ2) is 5.24. The number of nitriles is 1. The van der Waals surface area contributed by atoms with E-state index in [9.17, 15) is 5.11 Å². The normalized spacial score (nSPS) is 11.4. The Morgan fingerprint density at radius 3 is 2.00 bits per heavy atom. The summed E-state index contributed by atoms with van der Waals surface area (Å²) in [4.78, 5) is 0. The predicted octanol–water partition coefficient (Wildman–Crippen LogP) is 1.27. The maximum absolute atomic E-state index is 9.49. The van der Waals surface area contributed by atoms with Gasteiger partial charge < -0.3 is 19.3 Å². The summed E-state index contributed by atoms with van der Waals surface area (Å²) in [6, 6.07) is 4.81. The molecule has 1 unspecified atom stereocenters. The van der Waals surface area contributed by atoms with Crippen LogP contribution in [-0.4, -0.2) is 26.4 Å². The van der Waals surface area contributed by atoms with E-state index >= 15 is 0 Å². The number of benzene rings is 1. The highest BCUT2D eigenvalue weighted by Crippen LogP contribution is 2.37. The summed E-state index contributed by atoms with van der Waals surface area (Å²) in [6.45, 7) is 0. The number of aliphatic hydroxyl groups is 1. The van der Waals surface area contributed by atoms with Gasteiger partial charge in [-0.3, -0.25) is 0 Å². The number of hydrogen-bond donors (Lipinski definition) is 1. The summed E-state index contributed by atoms with van der Waals surface area (Å²) in [7, 11) is 4.43. The zero-order chi connectivity index (χ0) is 12.1. The third-order valence-corrected chi connectivity index (χ3v) is 2.15. The lowest BCUT2D eigenvalue weighted by Crippen LogP contribution is -2.00.